The van der Waals surface area contributed by atoms with Crippen LogP contribution in [-0.2, 0) is 0 Å². The third-order valence-electron chi connectivity index (χ3n) is 2.06. The van der Waals surface area contributed by atoms with Crippen molar-refractivity contribution in [3.63, 3.8) is 0 Å². The Labute approximate surface area is 113 Å². The molecule has 1 aliphatic heterocycles. The van der Waals surface area contributed by atoms with Gasteiger partial charge in [0.05, 0.1) is 0 Å². The van der Waals surface area contributed by atoms with Gasteiger partial charge in [-0.1, -0.05) is 12.2 Å². The van der Waals surface area contributed by atoms with Crippen LogP contribution in [0.5, 0.6) is 0 Å². The molecule has 0 aromatic carbocycles. The Balaban J connectivity index is 0.00000121. The van der Waals surface area contributed by atoms with Gasteiger partial charge in [-0.3, -0.25) is 0 Å². The van der Waals surface area contributed by atoms with E-state index in [2.05, 4.69) is 5.32 Å². The Morgan fingerprint density at radius 3 is 2.08 bits per heavy atom. The molecule has 0 spiro atoms. The molecule has 1 saturated heterocycles. The predicted molar refractivity (Wildman–Crippen MR) is 39.5 cm³/mol. The third-order valence-corrected chi connectivity index (χ3v) is 2.06. The van der Waals surface area contributed by atoms with Crippen molar-refractivity contribution in [3.8, 4) is 0 Å². The Kier molecular flexibility index (Phi) is 6.76. The molecule has 0 aromatic heterocycles. The second-order valence-corrected chi connectivity index (χ2v) is 3.14. The van der Waals surface area contributed by atoms with Gasteiger partial charge in [-0.05, 0) is 25.9 Å². The van der Waals surface area contributed by atoms with Crippen molar-refractivity contribution in [2.45, 2.75) is 19.2 Å². The first kappa shape index (κ1) is 13.5. The van der Waals surface area contributed by atoms with Gasteiger partial charge in [0.25, 0.3) is 0 Å². The number of nitrogens with one attached hydrogen (secondary N) is 1. The average molecular weight is 205 g/mol. The van der Waals surface area contributed by atoms with E-state index in [-0.39, 0.29) is 57.3 Å². The summed E-state index contributed by atoms with van der Waals surface area (Å²) in [5.41, 5.74) is 0. The zero-order chi connectivity index (χ0) is 8.32. The topological polar surface area (TPSA) is 12.0 Å². The molecule has 66 valence electrons. The van der Waals surface area contributed by atoms with E-state index in [0.717, 1.165) is 13.1 Å². The Hall–Kier alpha value is 1.45. The zero-order valence-electron chi connectivity index (χ0n) is 7.32. The predicted octanol–water partition coefficient (Wildman–Crippen LogP) is -1.16. The van der Waals surface area contributed by atoms with Crippen LogP contribution < -0.4 is 56.7 Å². The van der Waals surface area contributed by atoms with E-state index in [1.165, 1.54) is 0 Å². The summed E-state index contributed by atoms with van der Waals surface area (Å²) in [6.07, 6.45) is 0.824. The SMILES string of the molecule is F[B-](F)(F)CC1CCNCC1.[K+]. The van der Waals surface area contributed by atoms with Gasteiger partial charge in [0, 0.05) is 0 Å². The average Bonchev–Trinajstić information content (AvgIpc) is 1.85. The van der Waals surface area contributed by atoms with Crippen molar-refractivity contribution < 1.29 is 64.3 Å². The maximum absolute atomic E-state index is 11.9. The molecule has 1 fully saturated rings. The first-order valence-electron chi connectivity index (χ1n) is 3.99. The molecule has 1 aliphatic rings. The van der Waals surface area contributed by atoms with Crippen molar-refractivity contribution in [2.24, 2.45) is 5.92 Å². The fourth-order valence-electron chi connectivity index (χ4n) is 1.50. The van der Waals surface area contributed by atoms with Crippen LogP contribution >= 0.6 is 0 Å². The molecule has 0 bridgehead atoms. The Morgan fingerprint density at radius 2 is 1.67 bits per heavy atom. The summed E-state index contributed by atoms with van der Waals surface area (Å²) >= 11 is 0. The van der Waals surface area contributed by atoms with Crippen LogP contribution in [0, 0.1) is 5.92 Å². The van der Waals surface area contributed by atoms with Crippen molar-refractivity contribution in [1.29, 1.82) is 0 Å². The molecule has 12 heavy (non-hydrogen) atoms. The first-order chi connectivity index (χ1) is 5.08. The number of hydrogen-bond acceptors (Lipinski definition) is 1. The summed E-state index contributed by atoms with van der Waals surface area (Å²) in [5, 5.41) is 3.04. The minimum atomic E-state index is -4.56. The summed E-state index contributed by atoms with van der Waals surface area (Å²) in [6, 6.07) is 0. The first-order valence-corrected chi connectivity index (χ1v) is 3.99. The standard InChI is InChI=1S/C6H12BF3N.K/c8-7(9,10)5-6-1-3-11-4-2-6;/h6,11H,1-5H2;/q-1;+1. The molecule has 0 saturated carbocycles. The Morgan fingerprint density at radius 1 is 1.17 bits per heavy atom. The van der Waals surface area contributed by atoms with Gasteiger partial charge in [0.15, 0.2) is 0 Å². The van der Waals surface area contributed by atoms with Gasteiger partial charge in [-0.2, -0.15) is 0 Å². The molecule has 1 rings (SSSR count). The maximum atomic E-state index is 11.9. The monoisotopic (exact) mass is 205 g/mol. The van der Waals surface area contributed by atoms with E-state index in [1.54, 1.807) is 0 Å². The Bertz CT molecular complexity index is 124. The molecular weight excluding hydrogens is 193 g/mol. The third kappa shape index (κ3) is 5.99. The molecule has 0 unspecified atom stereocenters. The van der Waals surface area contributed by atoms with Crippen LogP contribution in [0.3, 0.4) is 0 Å². The van der Waals surface area contributed by atoms with Crippen LogP contribution in [0.1, 0.15) is 12.8 Å². The zero-order valence-corrected chi connectivity index (χ0v) is 10.4. The number of hydrogen-bond donors (Lipinski definition) is 1. The van der Waals surface area contributed by atoms with Gasteiger partial charge in [0.1, 0.15) is 0 Å². The van der Waals surface area contributed by atoms with Gasteiger partial charge in [0.2, 0.25) is 0 Å². The molecule has 6 heteroatoms. The van der Waals surface area contributed by atoms with Crippen LogP contribution in [0.25, 0.3) is 0 Å². The van der Waals surface area contributed by atoms with E-state index in [0.29, 0.717) is 12.8 Å². The van der Waals surface area contributed by atoms with E-state index < -0.39 is 13.3 Å². The molecule has 1 N–H and O–H groups in total. The van der Waals surface area contributed by atoms with E-state index in [1.807, 2.05) is 0 Å². The normalized spacial score (nSPS) is 20.2. The maximum Gasteiger partial charge on any atom is 1.00 e. The molecule has 0 radical (unpaired) electrons. The summed E-state index contributed by atoms with van der Waals surface area (Å²) in [5.74, 6) is -0.115. The number of piperidine rings is 1. The fourth-order valence-corrected chi connectivity index (χ4v) is 1.50. The van der Waals surface area contributed by atoms with Gasteiger partial charge >= 0.3 is 58.4 Å². The van der Waals surface area contributed by atoms with Crippen molar-refractivity contribution >= 4 is 6.98 Å². The second-order valence-electron chi connectivity index (χ2n) is 3.14. The van der Waals surface area contributed by atoms with E-state index in [9.17, 15) is 12.9 Å². The van der Waals surface area contributed by atoms with E-state index in [4.69, 9.17) is 0 Å². The van der Waals surface area contributed by atoms with Crippen molar-refractivity contribution in [2.75, 3.05) is 13.1 Å². The van der Waals surface area contributed by atoms with Crippen LogP contribution in [-0.4, -0.2) is 20.1 Å². The quantitative estimate of drug-likeness (QED) is 0.560. The molecule has 0 aliphatic carbocycles. The minimum absolute atomic E-state index is 0. The molecule has 1 nitrogen and oxygen atoms in total. The largest absolute Gasteiger partial charge is 1.00 e. The fraction of sp³-hybridized carbons (Fsp3) is 1.00. The van der Waals surface area contributed by atoms with E-state index >= 15 is 0 Å². The summed E-state index contributed by atoms with van der Waals surface area (Å²) in [7, 11) is 0. The summed E-state index contributed by atoms with van der Waals surface area (Å²) < 4.78 is 35.6. The smallest absolute Gasteiger partial charge is 0.449 e. The van der Waals surface area contributed by atoms with Crippen LogP contribution in [0.2, 0.25) is 6.32 Å². The number of rotatable bonds is 2. The van der Waals surface area contributed by atoms with Gasteiger partial charge in [-0.15, -0.1) is 0 Å². The van der Waals surface area contributed by atoms with Gasteiger partial charge in [-0.25, -0.2) is 0 Å². The van der Waals surface area contributed by atoms with Crippen molar-refractivity contribution in [1.82, 2.24) is 5.32 Å². The summed E-state index contributed by atoms with van der Waals surface area (Å²) in [6.45, 7) is -3.06. The van der Waals surface area contributed by atoms with Gasteiger partial charge < -0.3 is 18.3 Å². The molecule has 0 aromatic rings. The molecule has 0 amide bonds. The molecule has 1 heterocycles. The minimum Gasteiger partial charge on any atom is -0.449 e. The summed E-state index contributed by atoms with van der Waals surface area (Å²) in [4.78, 5) is 0. The van der Waals surface area contributed by atoms with Crippen LogP contribution in [0.15, 0.2) is 0 Å². The second kappa shape index (κ2) is 6.03. The molecule has 0 atom stereocenters. The van der Waals surface area contributed by atoms with Crippen LogP contribution in [0.4, 0.5) is 12.9 Å². The number of halogens is 3. The van der Waals surface area contributed by atoms with Crippen molar-refractivity contribution in [3.05, 3.63) is 0 Å². The molecular formula is C6H12BF3KN.